The molecule has 126 valence electrons. The molecule has 5 nitrogen and oxygen atoms in total. The molecule has 2 N–H and O–H groups in total. The second-order valence-corrected chi connectivity index (χ2v) is 5.58. The van der Waals surface area contributed by atoms with Crippen LogP contribution in [0.25, 0.3) is 0 Å². The molecule has 2 amide bonds. The first-order valence-electron chi connectivity index (χ1n) is 7.48. The van der Waals surface area contributed by atoms with Crippen molar-refractivity contribution < 1.29 is 14.3 Å². The maximum atomic E-state index is 12.1. The Balaban J connectivity index is 1.83. The SMILES string of the molecule is COc1ccc(C(=O)NCCNC(=O)c2ccccc2Cl)c(C)c1. The third-order valence-corrected chi connectivity index (χ3v) is 3.82. The van der Waals surface area contributed by atoms with Crippen molar-refractivity contribution in [2.45, 2.75) is 6.92 Å². The second-order valence-electron chi connectivity index (χ2n) is 5.17. The fourth-order valence-corrected chi connectivity index (χ4v) is 2.43. The summed E-state index contributed by atoms with van der Waals surface area (Å²) < 4.78 is 5.12. The summed E-state index contributed by atoms with van der Waals surface area (Å²) in [6, 6.07) is 12.1. The fourth-order valence-electron chi connectivity index (χ4n) is 2.21. The van der Waals surface area contributed by atoms with Crippen LogP contribution in [0.15, 0.2) is 42.5 Å². The predicted molar refractivity (Wildman–Crippen MR) is 93.8 cm³/mol. The number of nitrogens with one attached hydrogen (secondary N) is 2. The van der Waals surface area contributed by atoms with Gasteiger partial charge in [0.05, 0.1) is 17.7 Å². The molecule has 0 aliphatic rings. The molecular weight excluding hydrogens is 328 g/mol. The molecule has 6 heteroatoms. The average Bonchev–Trinajstić information content (AvgIpc) is 2.58. The molecule has 0 saturated heterocycles. The fraction of sp³-hybridized carbons (Fsp3) is 0.222. The van der Waals surface area contributed by atoms with Gasteiger partial charge in [-0.05, 0) is 42.8 Å². The van der Waals surface area contributed by atoms with Crippen molar-refractivity contribution in [3.05, 3.63) is 64.2 Å². The standard InChI is InChI=1S/C18H19ClN2O3/c1-12-11-13(24-2)7-8-14(12)17(22)20-9-10-21-18(23)15-5-3-4-6-16(15)19/h3-8,11H,9-10H2,1-2H3,(H,20,22)(H,21,23). The summed E-state index contributed by atoms with van der Waals surface area (Å²) in [5.41, 5.74) is 1.82. The molecule has 0 aliphatic heterocycles. The van der Waals surface area contributed by atoms with Crippen molar-refractivity contribution in [2.24, 2.45) is 0 Å². The Labute approximate surface area is 146 Å². The van der Waals surface area contributed by atoms with E-state index in [1.54, 1.807) is 49.6 Å². The summed E-state index contributed by atoms with van der Waals surface area (Å²) in [7, 11) is 1.58. The molecule has 0 aromatic heterocycles. The third kappa shape index (κ3) is 4.49. The molecule has 0 unspecified atom stereocenters. The summed E-state index contributed by atoms with van der Waals surface area (Å²) in [4.78, 5) is 24.1. The van der Waals surface area contributed by atoms with Gasteiger partial charge < -0.3 is 15.4 Å². The highest BCUT2D eigenvalue weighted by Gasteiger charge is 2.11. The summed E-state index contributed by atoms with van der Waals surface area (Å²) >= 11 is 5.96. The van der Waals surface area contributed by atoms with E-state index in [0.717, 1.165) is 5.56 Å². The zero-order chi connectivity index (χ0) is 17.5. The number of amides is 2. The van der Waals surface area contributed by atoms with E-state index in [1.165, 1.54) is 0 Å². The summed E-state index contributed by atoms with van der Waals surface area (Å²) in [6.45, 7) is 2.47. The van der Waals surface area contributed by atoms with Crippen LogP contribution < -0.4 is 15.4 Å². The molecule has 0 bridgehead atoms. The second kappa shape index (κ2) is 8.36. The van der Waals surface area contributed by atoms with E-state index in [4.69, 9.17) is 16.3 Å². The van der Waals surface area contributed by atoms with Crippen LogP contribution in [0.3, 0.4) is 0 Å². The highest BCUT2D eigenvalue weighted by Crippen LogP contribution is 2.16. The molecule has 2 rings (SSSR count). The van der Waals surface area contributed by atoms with Gasteiger partial charge in [0.1, 0.15) is 5.75 Å². The van der Waals surface area contributed by atoms with Crippen LogP contribution in [0.4, 0.5) is 0 Å². The molecule has 0 radical (unpaired) electrons. The third-order valence-electron chi connectivity index (χ3n) is 3.49. The lowest BCUT2D eigenvalue weighted by Crippen LogP contribution is -2.35. The van der Waals surface area contributed by atoms with E-state index in [1.807, 2.05) is 6.92 Å². The lowest BCUT2D eigenvalue weighted by Gasteiger charge is -2.10. The molecule has 0 spiro atoms. The van der Waals surface area contributed by atoms with Crippen LogP contribution in [-0.4, -0.2) is 32.0 Å². The van der Waals surface area contributed by atoms with Gasteiger partial charge in [-0.15, -0.1) is 0 Å². The number of hydrogen-bond donors (Lipinski definition) is 2. The number of carbonyl (C=O) groups excluding carboxylic acids is 2. The van der Waals surface area contributed by atoms with Gasteiger partial charge in [0, 0.05) is 18.7 Å². The average molecular weight is 347 g/mol. The predicted octanol–water partition coefficient (Wildman–Crippen LogP) is 2.82. The Kier molecular flexibility index (Phi) is 6.21. The van der Waals surface area contributed by atoms with Crippen LogP contribution in [0, 0.1) is 6.92 Å². The van der Waals surface area contributed by atoms with Crippen LogP contribution in [0.2, 0.25) is 5.02 Å². The van der Waals surface area contributed by atoms with E-state index in [2.05, 4.69) is 10.6 Å². The first-order valence-corrected chi connectivity index (χ1v) is 7.86. The van der Waals surface area contributed by atoms with Gasteiger partial charge in [0.25, 0.3) is 11.8 Å². The minimum atomic E-state index is -0.268. The van der Waals surface area contributed by atoms with E-state index in [9.17, 15) is 9.59 Å². The van der Waals surface area contributed by atoms with Gasteiger partial charge in [-0.1, -0.05) is 23.7 Å². The first kappa shape index (κ1) is 17.8. The number of carbonyl (C=O) groups is 2. The van der Waals surface area contributed by atoms with Gasteiger partial charge in [0.15, 0.2) is 0 Å². The van der Waals surface area contributed by atoms with E-state index >= 15 is 0 Å². The molecule has 2 aromatic rings. The van der Waals surface area contributed by atoms with E-state index in [0.29, 0.717) is 35.0 Å². The maximum Gasteiger partial charge on any atom is 0.252 e. The summed E-state index contributed by atoms with van der Waals surface area (Å²) in [5.74, 6) is 0.244. The molecule has 0 atom stereocenters. The van der Waals surface area contributed by atoms with Crippen molar-refractivity contribution in [2.75, 3.05) is 20.2 Å². The molecular formula is C18H19ClN2O3. The van der Waals surface area contributed by atoms with Gasteiger partial charge in [0.2, 0.25) is 0 Å². The Morgan fingerprint density at radius 3 is 2.21 bits per heavy atom. The van der Waals surface area contributed by atoms with Gasteiger partial charge in [-0.3, -0.25) is 9.59 Å². The number of halogens is 1. The zero-order valence-electron chi connectivity index (χ0n) is 13.6. The number of hydrogen-bond acceptors (Lipinski definition) is 3. The van der Waals surface area contributed by atoms with Crippen molar-refractivity contribution in [1.82, 2.24) is 10.6 Å². The minimum absolute atomic E-state index is 0.192. The minimum Gasteiger partial charge on any atom is -0.497 e. The van der Waals surface area contributed by atoms with Crippen LogP contribution in [0.5, 0.6) is 5.75 Å². The highest BCUT2D eigenvalue weighted by molar-refractivity contribution is 6.33. The highest BCUT2D eigenvalue weighted by atomic mass is 35.5. The number of ether oxygens (including phenoxy) is 1. The van der Waals surface area contributed by atoms with E-state index in [-0.39, 0.29) is 11.8 Å². The quantitative estimate of drug-likeness (QED) is 0.790. The Bertz CT molecular complexity index is 747. The van der Waals surface area contributed by atoms with Crippen molar-refractivity contribution in [1.29, 1.82) is 0 Å². The van der Waals surface area contributed by atoms with Crippen molar-refractivity contribution in [3.63, 3.8) is 0 Å². The molecule has 2 aromatic carbocycles. The molecule has 24 heavy (non-hydrogen) atoms. The topological polar surface area (TPSA) is 67.4 Å². The van der Waals surface area contributed by atoms with Crippen LogP contribution in [0.1, 0.15) is 26.3 Å². The lowest BCUT2D eigenvalue weighted by atomic mass is 10.1. The Morgan fingerprint density at radius 1 is 1.00 bits per heavy atom. The number of methoxy groups -OCH3 is 1. The number of benzene rings is 2. The van der Waals surface area contributed by atoms with Crippen molar-refractivity contribution >= 4 is 23.4 Å². The Morgan fingerprint density at radius 2 is 1.62 bits per heavy atom. The molecule has 0 saturated carbocycles. The summed E-state index contributed by atoms with van der Waals surface area (Å²) in [5, 5.41) is 5.89. The van der Waals surface area contributed by atoms with Crippen LogP contribution in [-0.2, 0) is 0 Å². The largest absolute Gasteiger partial charge is 0.497 e. The zero-order valence-corrected chi connectivity index (χ0v) is 14.3. The molecule has 0 heterocycles. The Hall–Kier alpha value is -2.53. The van der Waals surface area contributed by atoms with Gasteiger partial charge in [-0.2, -0.15) is 0 Å². The molecule has 0 fully saturated rings. The molecule has 0 aliphatic carbocycles. The van der Waals surface area contributed by atoms with Gasteiger partial charge >= 0.3 is 0 Å². The normalized spacial score (nSPS) is 10.1. The van der Waals surface area contributed by atoms with E-state index < -0.39 is 0 Å². The summed E-state index contributed by atoms with van der Waals surface area (Å²) in [6.07, 6.45) is 0. The van der Waals surface area contributed by atoms with Crippen LogP contribution >= 0.6 is 11.6 Å². The number of aryl methyl sites for hydroxylation is 1. The number of rotatable bonds is 6. The maximum absolute atomic E-state index is 12.1. The monoisotopic (exact) mass is 346 g/mol. The first-order chi connectivity index (χ1) is 11.5. The van der Waals surface area contributed by atoms with Crippen molar-refractivity contribution in [3.8, 4) is 5.75 Å². The van der Waals surface area contributed by atoms with Gasteiger partial charge in [-0.25, -0.2) is 0 Å². The lowest BCUT2D eigenvalue weighted by molar-refractivity contribution is 0.0927. The smallest absolute Gasteiger partial charge is 0.252 e.